The molecule has 2 aromatic carbocycles. The highest BCUT2D eigenvalue weighted by molar-refractivity contribution is 7.93. The Labute approximate surface area is 183 Å². The van der Waals surface area contributed by atoms with Crippen molar-refractivity contribution in [1.29, 1.82) is 5.26 Å². The molecule has 3 rings (SSSR count). The number of nitrogens with zero attached hydrogens (tertiary/aromatic N) is 3. The molecule has 1 aliphatic rings. The van der Waals surface area contributed by atoms with Crippen LogP contribution >= 0.6 is 0 Å². The second-order valence-electron chi connectivity index (χ2n) is 6.99. The minimum absolute atomic E-state index is 0.174. The average Bonchev–Trinajstić information content (AvgIpc) is 3.13. The van der Waals surface area contributed by atoms with Gasteiger partial charge in [0.05, 0.1) is 30.5 Å². The van der Waals surface area contributed by atoms with Crippen molar-refractivity contribution in [2.75, 3.05) is 34.7 Å². The Bertz CT molecular complexity index is 1070. The molecule has 7 nitrogen and oxygen atoms in total. The Balaban J connectivity index is 1.72. The van der Waals surface area contributed by atoms with E-state index in [0.717, 1.165) is 11.3 Å². The van der Waals surface area contributed by atoms with E-state index in [1.807, 2.05) is 6.92 Å². The van der Waals surface area contributed by atoms with Crippen molar-refractivity contribution in [2.24, 2.45) is 0 Å². The van der Waals surface area contributed by atoms with Crippen LogP contribution in [0, 0.1) is 11.3 Å². The lowest BCUT2D eigenvalue weighted by molar-refractivity contribution is -0.114. The van der Waals surface area contributed by atoms with Crippen LogP contribution < -0.4 is 13.9 Å². The summed E-state index contributed by atoms with van der Waals surface area (Å²) >= 11 is 0. The van der Waals surface area contributed by atoms with Gasteiger partial charge in [0.2, 0.25) is 10.0 Å². The van der Waals surface area contributed by atoms with E-state index in [0.29, 0.717) is 30.9 Å². The van der Waals surface area contributed by atoms with Crippen LogP contribution in [0.5, 0.6) is 5.75 Å². The highest BCUT2D eigenvalue weighted by atomic mass is 32.2. The topological polar surface area (TPSA) is 90.7 Å². The molecule has 2 aromatic rings. The molecule has 1 heterocycles. The molecule has 0 aliphatic carbocycles. The van der Waals surface area contributed by atoms with Gasteiger partial charge in [-0.1, -0.05) is 12.1 Å². The summed E-state index contributed by atoms with van der Waals surface area (Å²) in [7, 11) is -3.22. The Morgan fingerprint density at radius 2 is 1.90 bits per heavy atom. The van der Waals surface area contributed by atoms with Gasteiger partial charge in [-0.2, -0.15) is 5.26 Å². The summed E-state index contributed by atoms with van der Waals surface area (Å²) in [5, 5.41) is 8.95. The summed E-state index contributed by atoms with van der Waals surface area (Å²) in [5.74, 6) is 0.646. The smallest absolute Gasteiger partial charge is 0.251 e. The van der Waals surface area contributed by atoms with Gasteiger partial charge in [0.15, 0.2) is 0 Å². The number of rotatable bonds is 8. The number of nitriles is 1. The lowest BCUT2D eigenvalue weighted by Gasteiger charge is -2.20. The van der Waals surface area contributed by atoms with E-state index in [9.17, 15) is 13.2 Å². The molecular formula is C23H25N3O4S. The van der Waals surface area contributed by atoms with E-state index in [-0.39, 0.29) is 24.6 Å². The SMILES string of the molecule is CCOc1ccc(N(CCC#N)C(=O)/C=C/c2ccc(N3CCCS3(=O)=O)cc2)cc1. The van der Waals surface area contributed by atoms with Crippen LogP contribution in [0.2, 0.25) is 0 Å². The first-order valence-corrected chi connectivity index (χ1v) is 11.8. The summed E-state index contributed by atoms with van der Waals surface area (Å²) < 4.78 is 30.9. The van der Waals surface area contributed by atoms with Crippen molar-refractivity contribution in [1.82, 2.24) is 0 Å². The second-order valence-corrected chi connectivity index (χ2v) is 9.00. The van der Waals surface area contributed by atoms with Gasteiger partial charge in [-0.3, -0.25) is 9.10 Å². The normalized spacial score (nSPS) is 15.0. The predicted octanol–water partition coefficient (Wildman–Crippen LogP) is 3.59. The van der Waals surface area contributed by atoms with Gasteiger partial charge in [0.1, 0.15) is 5.75 Å². The van der Waals surface area contributed by atoms with E-state index in [2.05, 4.69) is 6.07 Å². The zero-order valence-corrected chi connectivity index (χ0v) is 18.2. The highest BCUT2D eigenvalue weighted by Gasteiger charge is 2.28. The monoisotopic (exact) mass is 439 g/mol. The molecule has 8 heteroatoms. The fourth-order valence-electron chi connectivity index (χ4n) is 3.36. The lowest BCUT2D eigenvalue weighted by atomic mass is 10.2. The number of benzene rings is 2. The van der Waals surface area contributed by atoms with Crippen molar-refractivity contribution in [3.63, 3.8) is 0 Å². The third-order valence-electron chi connectivity index (χ3n) is 4.87. The van der Waals surface area contributed by atoms with E-state index in [1.165, 1.54) is 10.4 Å². The van der Waals surface area contributed by atoms with Gasteiger partial charge in [0, 0.05) is 24.9 Å². The standard InChI is InChI=1S/C23H25N3O4S/c1-2-30-22-12-10-20(11-13-22)25(16-3-15-24)23(27)14-7-19-5-8-21(9-6-19)26-17-4-18-31(26,28)29/h5-14H,2-4,16-18H2,1H3/b14-7+. The Hall–Kier alpha value is -3.31. The Kier molecular flexibility index (Phi) is 7.32. The zero-order chi connectivity index (χ0) is 22.3. The van der Waals surface area contributed by atoms with Gasteiger partial charge in [0.25, 0.3) is 5.91 Å². The molecule has 0 N–H and O–H groups in total. The van der Waals surface area contributed by atoms with Crippen molar-refractivity contribution in [3.05, 3.63) is 60.2 Å². The maximum Gasteiger partial charge on any atom is 0.251 e. The molecule has 162 valence electrons. The van der Waals surface area contributed by atoms with E-state index in [1.54, 1.807) is 59.5 Å². The van der Waals surface area contributed by atoms with Crippen molar-refractivity contribution < 1.29 is 17.9 Å². The molecule has 1 amide bonds. The first kappa shape index (κ1) is 22.4. The maximum atomic E-state index is 12.8. The van der Waals surface area contributed by atoms with Gasteiger partial charge in [-0.25, -0.2) is 8.42 Å². The molecule has 0 saturated carbocycles. The van der Waals surface area contributed by atoms with Crippen LogP contribution in [-0.4, -0.2) is 39.8 Å². The molecule has 1 aliphatic heterocycles. The summed E-state index contributed by atoms with van der Waals surface area (Å²) in [6, 6.07) is 16.3. The van der Waals surface area contributed by atoms with E-state index >= 15 is 0 Å². The van der Waals surface area contributed by atoms with E-state index in [4.69, 9.17) is 10.00 Å². The molecule has 0 aromatic heterocycles. The van der Waals surface area contributed by atoms with Crippen molar-refractivity contribution in [3.8, 4) is 11.8 Å². The number of amides is 1. The number of hydrogen-bond donors (Lipinski definition) is 0. The van der Waals surface area contributed by atoms with Gasteiger partial charge in [-0.15, -0.1) is 0 Å². The minimum Gasteiger partial charge on any atom is -0.494 e. The third-order valence-corrected chi connectivity index (χ3v) is 6.74. The van der Waals surface area contributed by atoms with Gasteiger partial charge < -0.3 is 9.64 Å². The quantitative estimate of drug-likeness (QED) is 0.587. The van der Waals surface area contributed by atoms with Gasteiger partial charge >= 0.3 is 0 Å². The molecule has 0 unspecified atom stereocenters. The number of hydrogen-bond acceptors (Lipinski definition) is 5. The van der Waals surface area contributed by atoms with Crippen LogP contribution in [-0.2, 0) is 14.8 Å². The highest BCUT2D eigenvalue weighted by Crippen LogP contribution is 2.25. The molecule has 0 bridgehead atoms. The van der Waals surface area contributed by atoms with Crippen LogP contribution in [0.4, 0.5) is 11.4 Å². The molecule has 0 radical (unpaired) electrons. The van der Waals surface area contributed by atoms with Crippen molar-refractivity contribution >= 4 is 33.4 Å². The second kappa shape index (κ2) is 10.1. The number of carbonyl (C=O) groups is 1. The molecule has 0 spiro atoms. The van der Waals surface area contributed by atoms with Gasteiger partial charge in [-0.05, 0) is 61.4 Å². The minimum atomic E-state index is -3.22. The largest absolute Gasteiger partial charge is 0.494 e. The number of carbonyl (C=O) groups excluding carboxylic acids is 1. The Morgan fingerprint density at radius 1 is 1.19 bits per heavy atom. The summed E-state index contributed by atoms with van der Waals surface area (Å²) in [6.45, 7) is 3.23. The number of ether oxygens (including phenoxy) is 1. The zero-order valence-electron chi connectivity index (χ0n) is 17.4. The van der Waals surface area contributed by atoms with E-state index < -0.39 is 10.0 Å². The van der Waals surface area contributed by atoms with Crippen LogP contribution in [0.1, 0.15) is 25.3 Å². The maximum absolute atomic E-state index is 12.8. The number of anilines is 2. The molecule has 0 atom stereocenters. The fourth-order valence-corrected chi connectivity index (χ4v) is 4.92. The number of sulfonamides is 1. The molecule has 1 saturated heterocycles. The average molecular weight is 440 g/mol. The van der Waals surface area contributed by atoms with Crippen LogP contribution in [0.3, 0.4) is 0 Å². The summed E-state index contributed by atoms with van der Waals surface area (Å²) in [4.78, 5) is 14.3. The van der Waals surface area contributed by atoms with Crippen LogP contribution in [0.25, 0.3) is 6.08 Å². The first-order valence-electron chi connectivity index (χ1n) is 10.1. The summed E-state index contributed by atoms with van der Waals surface area (Å²) in [5.41, 5.74) is 2.09. The Morgan fingerprint density at radius 3 is 2.48 bits per heavy atom. The molecular weight excluding hydrogens is 414 g/mol. The predicted molar refractivity (Wildman–Crippen MR) is 121 cm³/mol. The van der Waals surface area contributed by atoms with Crippen LogP contribution in [0.15, 0.2) is 54.6 Å². The lowest BCUT2D eigenvalue weighted by Crippen LogP contribution is -2.30. The summed E-state index contributed by atoms with van der Waals surface area (Å²) in [6.07, 6.45) is 3.97. The first-order chi connectivity index (χ1) is 14.9. The molecule has 31 heavy (non-hydrogen) atoms. The fraction of sp³-hybridized carbons (Fsp3) is 0.304. The third kappa shape index (κ3) is 5.64. The van der Waals surface area contributed by atoms with Crippen molar-refractivity contribution in [2.45, 2.75) is 19.8 Å². The molecule has 1 fully saturated rings.